The van der Waals surface area contributed by atoms with Gasteiger partial charge >= 0.3 is 0 Å². The van der Waals surface area contributed by atoms with Crippen LogP contribution in [0.25, 0.3) is 10.9 Å². The fraction of sp³-hybridized carbons (Fsp3) is 0.409. The van der Waals surface area contributed by atoms with E-state index in [1.54, 1.807) is 11.3 Å². The highest BCUT2D eigenvalue weighted by atomic mass is 32.1. The summed E-state index contributed by atoms with van der Waals surface area (Å²) in [5, 5.41) is 6.47. The predicted molar refractivity (Wildman–Crippen MR) is 116 cm³/mol. The van der Waals surface area contributed by atoms with Crippen LogP contribution in [0.1, 0.15) is 22.2 Å². The second-order valence-electron chi connectivity index (χ2n) is 7.63. The molecule has 1 aliphatic heterocycles. The normalized spacial score (nSPS) is 17.1. The van der Waals surface area contributed by atoms with Crippen LogP contribution in [0.15, 0.2) is 41.8 Å². The molecule has 0 spiro atoms. The standard InChI is InChI=1S/C22H28N4OS/c1-16-18(17-6-3-4-7-19(17)24-16)14-22(27)23-15-20(21-8-5-13-28-21)26-11-9-25(2)10-12-26/h3-8,13,20,24H,9-12,14-15H2,1-2H3,(H,23,27)/t20-/m0/s1. The third-order valence-corrected chi connectivity index (χ3v) is 6.68. The van der Waals surface area contributed by atoms with E-state index in [9.17, 15) is 4.79 Å². The maximum absolute atomic E-state index is 12.8. The van der Waals surface area contributed by atoms with Crippen molar-refractivity contribution in [2.24, 2.45) is 0 Å². The number of nitrogens with zero attached hydrogens (tertiary/aromatic N) is 2. The first kappa shape index (κ1) is 19.2. The van der Waals surface area contributed by atoms with Crippen LogP contribution in [0.5, 0.6) is 0 Å². The molecule has 0 bridgehead atoms. The quantitative estimate of drug-likeness (QED) is 0.673. The van der Waals surface area contributed by atoms with Crippen molar-refractivity contribution < 1.29 is 4.79 Å². The van der Waals surface area contributed by atoms with Crippen LogP contribution in [-0.4, -0.2) is 60.5 Å². The Morgan fingerprint density at radius 1 is 1.18 bits per heavy atom. The van der Waals surface area contributed by atoms with E-state index in [1.807, 2.05) is 19.1 Å². The number of aryl methyl sites for hydroxylation is 1. The molecule has 148 valence electrons. The number of likely N-dealkylation sites (N-methyl/N-ethyl adjacent to an activating group) is 1. The van der Waals surface area contributed by atoms with Crippen molar-refractivity contribution in [1.29, 1.82) is 0 Å². The molecule has 1 saturated heterocycles. The lowest BCUT2D eigenvalue weighted by atomic mass is 10.1. The number of nitrogens with one attached hydrogen (secondary N) is 2. The molecule has 2 aromatic heterocycles. The minimum Gasteiger partial charge on any atom is -0.358 e. The molecular weight excluding hydrogens is 368 g/mol. The monoisotopic (exact) mass is 396 g/mol. The summed E-state index contributed by atoms with van der Waals surface area (Å²) in [5.74, 6) is 0.0866. The Morgan fingerprint density at radius 3 is 2.71 bits per heavy atom. The number of piperazine rings is 1. The van der Waals surface area contributed by atoms with Crippen molar-refractivity contribution in [2.45, 2.75) is 19.4 Å². The highest BCUT2D eigenvalue weighted by molar-refractivity contribution is 7.10. The lowest BCUT2D eigenvalue weighted by Gasteiger charge is -2.37. The fourth-order valence-corrected chi connectivity index (χ4v) is 4.88. The zero-order chi connectivity index (χ0) is 19.5. The van der Waals surface area contributed by atoms with E-state index >= 15 is 0 Å². The summed E-state index contributed by atoms with van der Waals surface area (Å²) in [7, 11) is 2.17. The Bertz CT molecular complexity index is 925. The van der Waals surface area contributed by atoms with Gasteiger partial charge in [0.05, 0.1) is 12.5 Å². The largest absolute Gasteiger partial charge is 0.358 e. The van der Waals surface area contributed by atoms with E-state index in [1.165, 1.54) is 4.88 Å². The van der Waals surface area contributed by atoms with Gasteiger partial charge in [-0.25, -0.2) is 0 Å². The molecule has 5 nitrogen and oxygen atoms in total. The van der Waals surface area contributed by atoms with Crippen molar-refractivity contribution in [3.63, 3.8) is 0 Å². The van der Waals surface area contributed by atoms with Crippen LogP contribution in [0, 0.1) is 6.92 Å². The van der Waals surface area contributed by atoms with Crippen LogP contribution < -0.4 is 5.32 Å². The molecule has 1 atom stereocenters. The Hall–Kier alpha value is -2.15. The van der Waals surface area contributed by atoms with Crippen molar-refractivity contribution >= 4 is 28.1 Å². The lowest BCUT2D eigenvalue weighted by molar-refractivity contribution is -0.120. The van der Waals surface area contributed by atoms with Crippen LogP contribution >= 0.6 is 11.3 Å². The average molecular weight is 397 g/mol. The van der Waals surface area contributed by atoms with E-state index in [0.717, 1.165) is 48.3 Å². The third kappa shape index (κ3) is 4.14. The number of hydrogen-bond donors (Lipinski definition) is 2. The van der Waals surface area contributed by atoms with Gasteiger partial charge in [0.1, 0.15) is 0 Å². The van der Waals surface area contributed by atoms with Crippen molar-refractivity contribution in [3.05, 3.63) is 57.9 Å². The zero-order valence-electron chi connectivity index (χ0n) is 16.6. The first-order valence-corrected chi connectivity index (χ1v) is 10.8. The summed E-state index contributed by atoms with van der Waals surface area (Å²) in [6, 6.07) is 12.7. The number of aromatic amines is 1. The summed E-state index contributed by atoms with van der Waals surface area (Å²) < 4.78 is 0. The van der Waals surface area contributed by atoms with Crippen LogP contribution in [0.3, 0.4) is 0 Å². The number of amides is 1. The van der Waals surface area contributed by atoms with E-state index in [4.69, 9.17) is 0 Å². The molecule has 28 heavy (non-hydrogen) atoms. The number of aromatic nitrogens is 1. The molecule has 4 rings (SSSR count). The minimum absolute atomic E-state index is 0.0866. The topological polar surface area (TPSA) is 51.4 Å². The van der Waals surface area contributed by atoms with Gasteiger partial charge in [-0.05, 0) is 37.0 Å². The van der Waals surface area contributed by atoms with Gasteiger partial charge in [0.15, 0.2) is 0 Å². The van der Waals surface area contributed by atoms with Gasteiger partial charge in [-0.15, -0.1) is 11.3 Å². The highest BCUT2D eigenvalue weighted by Gasteiger charge is 2.25. The maximum Gasteiger partial charge on any atom is 0.224 e. The molecule has 6 heteroatoms. The number of H-pyrrole nitrogens is 1. The molecule has 0 unspecified atom stereocenters. The maximum atomic E-state index is 12.8. The third-order valence-electron chi connectivity index (χ3n) is 5.71. The molecule has 3 heterocycles. The molecule has 1 aliphatic rings. The summed E-state index contributed by atoms with van der Waals surface area (Å²) in [5.41, 5.74) is 3.27. The van der Waals surface area contributed by atoms with Crippen molar-refractivity contribution in [2.75, 3.05) is 39.8 Å². The summed E-state index contributed by atoms with van der Waals surface area (Å²) in [4.78, 5) is 22.3. The first-order chi connectivity index (χ1) is 13.6. The molecule has 0 radical (unpaired) electrons. The van der Waals surface area contributed by atoms with Gasteiger partial charge in [0.25, 0.3) is 0 Å². The lowest BCUT2D eigenvalue weighted by Crippen LogP contribution is -2.48. The molecule has 1 aromatic carbocycles. The van der Waals surface area contributed by atoms with Gasteiger partial charge < -0.3 is 15.2 Å². The number of carbonyl (C=O) groups is 1. The van der Waals surface area contributed by atoms with Gasteiger partial charge in [0, 0.05) is 54.2 Å². The predicted octanol–water partition coefficient (Wildman–Crippen LogP) is 3.19. The Labute approximate surface area is 170 Å². The van der Waals surface area contributed by atoms with Crippen LogP contribution in [-0.2, 0) is 11.2 Å². The van der Waals surface area contributed by atoms with E-state index in [2.05, 4.69) is 56.8 Å². The molecule has 1 amide bonds. The highest BCUT2D eigenvalue weighted by Crippen LogP contribution is 2.26. The first-order valence-electron chi connectivity index (χ1n) is 9.90. The smallest absolute Gasteiger partial charge is 0.224 e. The molecule has 2 N–H and O–H groups in total. The van der Waals surface area contributed by atoms with E-state index < -0.39 is 0 Å². The minimum atomic E-state index is 0.0866. The SMILES string of the molecule is Cc1[nH]c2ccccc2c1CC(=O)NC[C@@H](c1cccs1)N1CCN(C)CC1. The zero-order valence-corrected chi connectivity index (χ0v) is 17.4. The van der Waals surface area contributed by atoms with E-state index in [-0.39, 0.29) is 11.9 Å². The fourth-order valence-electron chi connectivity index (χ4n) is 4.02. The number of rotatable bonds is 6. The molecule has 0 aliphatic carbocycles. The summed E-state index contributed by atoms with van der Waals surface area (Å²) in [6.45, 7) is 6.92. The average Bonchev–Trinajstić information content (AvgIpc) is 3.32. The van der Waals surface area contributed by atoms with Gasteiger partial charge in [-0.3, -0.25) is 9.69 Å². The van der Waals surface area contributed by atoms with Crippen LogP contribution in [0.2, 0.25) is 0 Å². The second kappa shape index (κ2) is 8.47. The van der Waals surface area contributed by atoms with Gasteiger partial charge in [-0.2, -0.15) is 0 Å². The number of thiophene rings is 1. The summed E-state index contributed by atoms with van der Waals surface area (Å²) in [6.07, 6.45) is 0.412. The number of para-hydroxylation sites is 1. The Morgan fingerprint density at radius 2 is 1.96 bits per heavy atom. The second-order valence-corrected chi connectivity index (χ2v) is 8.60. The van der Waals surface area contributed by atoms with E-state index in [0.29, 0.717) is 13.0 Å². The molecule has 0 saturated carbocycles. The Kier molecular flexibility index (Phi) is 5.80. The van der Waals surface area contributed by atoms with Crippen molar-refractivity contribution in [3.8, 4) is 0 Å². The number of hydrogen-bond acceptors (Lipinski definition) is 4. The molecule has 3 aromatic rings. The molecular formula is C22H28N4OS. The summed E-state index contributed by atoms with van der Waals surface area (Å²) >= 11 is 1.78. The number of carbonyl (C=O) groups excluding carboxylic acids is 1. The Balaban J connectivity index is 1.43. The van der Waals surface area contributed by atoms with Gasteiger partial charge in [0.2, 0.25) is 5.91 Å². The molecule has 1 fully saturated rings. The van der Waals surface area contributed by atoms with Crippen molar-refractivity contribution in [1.82, 2.24) is 20.1 Å². The number of fused-ring (bicyclic) bond motifs is 1. The number of benzene rings is 1. The van der Waals surface area contributed by atoms with Gasteiger partial charge in [-0.1, -0.05) is 24.3 Å². The van der Waals surface area contributed by atoms with Crippen LogP contribution in [0.4, 0.5) is 0 Å².